The number of carboxylic acid groups (broad SMARTS) is 1. The van der Waals surface area contributed by atoms with Crippen molar-refractivity contribution in [3.8, 4) is 0 Å². The molecule has 0 bridgehead atoms. The van der Waals surface area contributed by atoms with Gasteiger partial charge < -0.3 is 15.3 Å². The molecule has 20 heavy (non-hydrogen) atoms. The number of amides is 2. The van der Waals surface area contributed by atoms with E-state index in [2.05, 4.69) is 10.2 Å². The lowest BCUT2D eigenvalue weighted by Crippen LogP contribution is -2.55. The van der Waals surface area contributed by atoms with Gasteiger partial charge in [0.2, 0.25) is 0 Å². The average Bonchev–Trinajstić information content (AvgIpc) is 3.08. The molecule has 2 N–H and O–H groups in total. The van der Waals surface area contributed by atoms with Crippen molar-refractivity contribution in [2.45, 2.75) is 51.1 Å². The summed E-state index contributed by atoms with van der Waals surface area (Å²) in [6.45, 7) is 7.01. The van der Waals surface area contributed by atoms with Gasteiger partial charge in [-0.2, -0.15) is 0 Å². The highest BCUT2D eigenvalue weighted by Crippen LogP contribution is 2.21. The van der Waals surface area contributed by atoms with Gasteiger partial charge in [0.15, 0.2) is 0 Å². The summed E-state index contributed by atoms with van der Waals surface area (Å²) in [5.41, 5.74) is -1.18. The first-order valence-electron chi connectivity index (χ1n) is 7.51. The van der Waals surface area contributed by atoms with Gasteiger partial charge >= 0.3 is 12.0 Å². The van der Waals surface area contributed by atoms with Crippen molar-refractivity contribution in [3.05, 3.63) is 0 Å². The summed E-state index contributed by atoms with van der Waals surface area (Å²) in [5, 5.41) is 11.9. The normalized spacial score (nSPS) is 26.5. The van der Waals surface area contributed by atoms with Crippen molar-refractivity contribution < 1.29 is 14.7 Å². The van der Waals surface area contributed by atoms with E-state index in [-0.39, 0.29) is 6.03 Å². The fourth-order valence-electron chi connectivity index (χ4n) is 2.94. The molecule has 0 aromatic rings. The number of carbonyl (C=O) groups is 2. The van der Waals surface area contributed by atoms with E-state index in [9.17, 15) is 14.7 Å². The van der Waals surface area contributed by atoms with Crippen molar-refractivity contribution >= 4 is 12.0 Å². The number of carboxylic acids is 1. The van der Waals surface area contributed by atoms with E-state index in [0.717, 1.165) is 19.5 Å². The number of urea groups is 1. The molecule has 6 nitrogen and oxygen atoms in total. The van der Waals surface area contributed by atoms with Gasteiger partial charge in [-0.1, -0.05) is 6.92 Å². The van der Waals surface area contributed by atoms with Crippen LogP contribution in [0, 0.1) is 0 Å². The van der Waals surface area contributed by atoms with Crippen LogP contribution in [0.1, 0.15) is 39.5 Å². The number of nitrogens with zero attached hydrogens (tertiary/aromatic N) is 2. The molecule has 2 rings (SSSR count). The van der Waals surface area contributed by atoms with E-state index in [1.54, 1.807) is 18.7 Å². The van der Waals surface area contributed by atoms with Crippen LogP contribution >= 0.6 is 0 Å². The van der Waals surface area contributed by atoms with Gasteiger partial charge in [0.1, 0.15) is 5.54 Å². The van der Waals surface area contributed by atoms with E-state index in [4.69, 9.17) is 0 Å². The minimum Gasteiger partial charge on any atom is -0.480 e. The lowest BCUT2D eigenvalue weighted by Gasteiger charge is -2.28. The summed E-state index contributed by atoms with van der Waals surface area (Å²) in [5.74, 6) is -0.983. The summed E-state index contributed by atoms with van der Waals surface area (Å²) in [4.78, 5) is 27.7. The van der Waals surface area contributed by atoms with Gasteiger partial charge in [-0.25, -0.2) is 9.59 Å². The molecule has 114 valence electrons. The Hall–Kier alpha value is -1.30. The Bertz CT molecular complexity index is 382. The third-order valence-corrected chi connectivity index (χ3v) is 4.67. The van der Waals surface area contributed by atoms with Crippen molar-refractivity contribution in [1.29, 1.82) is 0 Å². The number of hydrogen-bond acceptors (Lipinski definition) is 3. The first kappa shape index (κ1) is 15.1. The van der Waals surface area contributed by atoms with Crippen LogP contribution in [-0.4, -0.2) is 64.7 Å². The first-order valence-corrected chi connectivity index (χ1v) is 7.51. The van der Waals surface area contributed by atoms with E-state index >= 15 is 0 Å². The Balaban J connectivity index is 1.89. The molecule has 2 aliphatic heterocycles. The zero-order valence-corrected chi connectivity index (χ0v) is 12.4. The van der Waals surface area contributed by atoms with Crippen molar-refractivity contribution in [2.75, 3.05) is 26.2 Å². The standard InChI is InChI=1S/C14H25N3O3/c1-3-14(2,12(18)19)15-13(20)17-9-6-11(10-17)16-7-4-5-8-16/h11H,3-10H2,1-2H3,(H,15,20)(H,18,19). The van der Waals surface area contributed by atoms with Crippen molar-refractivity contribution in [2.24, 2.45) is 0 Å². The molecule has 0 saturated carbocycles. The van der Waals surface area contributed by atoms with Crippen LogP contribution in [0.2, 0.25) is 0 Å². The Morgan fingerprint density at radius 3 is 2.50 bits per heavy atom. The Morgan fingerprint density at radius 1 is 1.30 bits per heavy atom. The highest BCUT2D eigenvalue weighted by Gasteiger charge is 2.37. The maximum absolute atomic E-state index is 12.2. The molecule has 0 aromatic heterocycles. The summed E-state index contributed by atoms with van der Waals surface area (Å²) in [6, 6.07) is 0.194. The van der Waals surface area contributed by atoms with Gasteiger partial charge in [-0.3, -0.25) is 4.90 Å². The lowest BCUT2D eigenvalue weighted by molar-refractivity contribution is -0.143. The molecule has 0 aromatic carbocycles. The van der Waals surface area contributed by atoms with Crippen molar-refractivity contribution in [1.82, 2.24) is 15.1 Å². The molecule has 2 aliphatic rings. The van der Waals surface area contributed by atoms with Gasteiger partial charge in [-0.15, -0.1) is 0 Å². The quantitative estimate of drug-likeness (QED) is 0.811. The second-order valence-corrected chi connectivity index (χ2v) is 6.05. The molecule has 2 saturated heterocycles. The number of carbonyl (C=O) groups excluding carboxylic acids is 1. The molecule has 0 aliphatic carbocycles. The maximum Gasteiger partial charge on any atom is 0.329 e. The fourth-order valence-corrected chi connectivity index (χ4v) is 2.94. The molecule has 2 amide bonds. The fraction of sp³-hybridized carbons (Fsp3) is 0.857. The monoisotopic (exact) mass is 283 g/mol. The summed E-state index contributed by atoms with van der Waals surface area (Å²) < 4.78 is 0. The van der Waals surface area contributed by atoms with Crippen LogP contribution < -0.4 is 5.32 Å². The lowest BCUT2D eigenvalue weighted by atomic mass is 10.00. The topological polar surface area (TPSA) is 72.9 Å². The zero-order valence-electron chi connectivity index (χ0n) is 12.4. The molecule has 0 radical (unpaired) electrons. The van der Waals surface area contributed by atoms with Gasteiger partial charge in [-0.05, 0) is 45.7 Å². The maximum atomic E-state index is 12.2. The number of hydrogen-bond donors (Lipinski definition) is 2. The predicted molar refractivity (Wildman–Crippen MR) is 75.6 cm³/mol. The zero-order chi connectivity index (χ0) is 14.8. The third-order valence-electron chi connectivity index (χ3n) is 4.67. The summed E-state index contributed by atoms with van der Waals surface area (Å²) >= 11 is 0. The second kappa shape index (κ2) is 5.99. The Labute approximate surface area is 120 Å². The molecule has 2 atom stereocenters. The second-order valence-electron chi connectivity index (χ2n) is 6.05. The Kier molecular flexibility index (Phi) is 4.52. The van der Waals surface area contributed by atoms with Crippen LogP contribution in [0.3, 0.4) is 0 Å². The van der Waals surface area contributed by atoms with Crippen LogP contribution in [0.15, 0.2) is 0 Å². The van der Waals surface area contributed by atoms with Crippen LogP contribution in [0.4, 0.5) is 4.79 Å². The predicted octanol–water partition coefficient (Wildman–Crippen LogP) is 1.12. The van der Waals surface area contributed by atoms with Crippen LogP contribution in [-0.2, 0) is 4.79 Å². The third kappa shape index (κ3) is 3.06. The number of likely N-dealkylation sites (tertiary alicyclic amines) is 2. The molecule has 6 heteroatoms. The number of aliphatic carboxylic acids is 1. The SMILES string of the molecule is CCC(C)(NC(=O)N1CCC(N2CCCC2)C1)C(=O)O. The molecule has 0 spiro atoms. The van der Waals surface area contributed by atoms with E-state index < -0.39 is 11.5 Å². The molecule has 2 fully saturated rings. The number of nitrogens with one attached hydrogen (secondary N) is 1. The summed E-state index contributed by atoms with van der Waals surface area (Å²) in [6.07, 6.45) is 3.85. The molecule has 2 unspecified atom stereocenters. The smallest absolute Gasteiger partial charge is 0.329 e. The first-order chi connectivity index (χ1) is 9.46. The largest absolute Gasteiger partial charge is 0.480 e. The van der Waals surface area contributed by atoms with Crippen LogP contribution in [0.25, 0.3) is 0 Å². The highest BCUT2D eigenvalue weighted by molar-refractivity contribution is 5.86. The van der Waals surface area contributed by atoms with Gasteiger partial charge in [0, 0.05) is 19.1 Å². The van der Waals surface area contributed by atoms with E-state index in [0.29, 0.717) is 25.6 Å². The highest BCUT2D eigenvalue weighted by atomic mass is 16.4. The minimum atomic E-state index is -1.18. The molecular formula is C14H25N3O3. The minimum absolute atomic E-state index is 0.251. The molecule has 2 heterocycles. The summed E-state index contributed by atoms with van der Waals surface area (Å²) in [7, 11) is 0. The number of rotatable bonds is 4. The van der Waals surface area contributed by atoms with E-state index in [1.165, 1.54) is 12.8 Å². The Morgan fingerprint density at radius 2 is 1.95 bits per heavy atom. The van der Waals surface area contributed by atoms with Gasteiger partial charge in [0.05, 0.1) is 0 Å². The van der Waals surface area contributed by atoms with Crippen molar-refractivity contribution in [3.63, 3.8) is 0 Å². The van der Waals surface area contributed by atoms with Gasteiger partial charge in [0.25, 0.3) is 0 Å². The van der Waals surface area contributed by atoms with E-state index in [1.807, 2.05) is 0 Å². The van der Waals surface area contributed by atoms with Crippen LogP contribution in [0.5, 0.6) is 0 Å². The average molecular weight is 283 g/mol. The molecular weight excluding hydrogens is 258 g/mol.